The standard InChI is InChI=1S/C11H14INO/c1-8-2-3-9(7-13-8)11-5-4-10(6-12)14-11/h2-3,7,10-11H,4-6H2,1H3. The first kappa shape index (κ1) is 10.4. The van der Waals surface area contributed by atoms with Gasteiger partial charge in [-0.15, -0.1) is 0 Å². The maximum absolute atomic E-state index is 5.89. The van der Waals surface area contributed by atoms with Gasteiger partial charge in [0, 0.05) is 16.3 Å². The van der Waals surface area contributed by atoms with Crippen molar-refractivity contribution in [2.75, 3.05) is 4.43 Å². The third-order valence-electron chi connectivity index (χ3n) is 2.59. The van der Waals surface area contributed by atoms with Crippen LogP contribution >= 0.6 is 22.6 Å². The highest BCUT2D eigenvalue weighted by atomic mass is 127. The molecule has 1 aliphatic rings. The predicted molar refractivity (Wildman–Crippen MR) is 64.7 cm³/mol. The molecule has 0 spiro atoms. The second kappa shape index (κ2) is 4.57. The number of aromatic nitrogens is 1. The van der Waals surface area contributed by atoms with Gasteiger partial charge in [0.1, 0.15) is 0 Å². The van der Waals surface area contributed by atoms with Crippen molar-refractivity contribution in [3.63, 3.8) is 0 Å². The lowest BCUT2D eigenvalue weighted by atomic mass is 10.1. The second-order valence-electron chi connectivity index (χ2n) is 3.71. The first-order valence-electron chi connectivity index (χ1n) is 4.93. The number of ether oxygens (including phenoxy) is 1. The molecule has 1 aliphatic heterocycles. The highest BCUT2D eigenvalue weighted by Crippen LogP contribution is 2.32. The van der Waals surface area contributed by atoms with Crippen LogP contribution in [0.15, 0.2) is 18.3 Å². The number of hydrogen-bond acceptors (Lipinski definition) is 2. The molecule has 0 bridgehead atoms. The molecule has 2 heterocycles. The number of alkyl halides is 1. The topological polar surface area (TPSA) is 22.1 Å². The number of rotatable bonds is 2. The van der Waals surface area contributed by atoms with E-state index in [9.17, 15) is 0 Å². The van der Waals surface area contributed by atoms with Crippen molar-refractivity contribution in [2.24, 2.45) is 0 Å². The van der Waals surface area contributed by atoms with Crippen molar-refractivity contribution >= 4 is 22.6 Å². The largest absolute Gasteiger partial charge is 0.369 e. The molecular weight excluding hydrogens is 289 g/mol. The summed E-state index contributed by atoms with van der Waals surface area (Å²) in [6, 6.07) is 4.18. The Morgan fingerprint density at radius 3 is 2.93 bits per heavy atom. The number of aryl methyl sites for hydroxylation is 1. The zero-order chi connectivity index (χ0) is 9.97. The molecule has 1 fully saturated rings. The Hall–Kier alpha value is -0.160. The van der Waals surface area contributed by atoms with Gasteiger partial charge >= 0.3 is 0 Å². The molecule has 3 heteroatoms. The van der Waals surface area contributed by atoms with Crippen LogP contribution in [0.5, 0.6) is 0 Å². The SMILES string of the molecule is Cc1ccc(C2CCC(CI)O2)cn1. The lowest BCUT2D eigenvalue weighted by Gasteiger charge is -2.11. The summed E-state index contributed by atoms with van der Waals surface area (Å²) in [6.07, 6.45) is 4.99. The van der Waals surface area contributed by atoms with Gasteiger partial charge in [-0.25, -0.2) is 0 Å². The summed E-state index contributed by atoms with van der Waals surface area (Å²) in [5.41, 5.74) is 2.29. The summed E-state index contributed by atoms with van der Waals surface area (Å²) >= 11 is 2.38. The Labute approximate surface area is 98.2 Å². The molecule has 1 aromatic heterocycles. The normalized spacial score (nSPS) is 26.7. The van der Waals surface area contributed by atoms with Crippen LogP contribution in [0.3, 0.4) is 0 Å². The van der Waals surface area contributed by atoms with Gasteiger partial charge in [0.05, 0.1) is 12.2 Å². The molecule has 0 saturated carbocycles. The van der Waals surface area contributed by atoms with Crippen molar-refractivity contribution in [1.82, 2.24) is 4.98 Å². The molecule has 14 heavy (non-hydrogen) atoms. The van der Waals surface area contributed by atoms with E-state index in [-0.39, 0.29) is 6.10 Å². The Kier molecular flexibility index (Phi) is 3.38. The lowest BCUT2D eigenvalue weighted by Crippen LogP contribution is -2.07. The van der Waals surface area contributed by atoms with Crippen molar-refractivity contribution in [3.05, 3.63) is 29.6 Å². The molecule has 2 atom stereocenters. The van der Waals surface area contributed by atoms with Crippen LogP contribution < -0.4 is 0 Å². The maximum Gasteiger partial charge on any atom is 0.0844 e. The molecule has 2 unspecified atom stereocenters. The van der Waals surface area contributed by atoms with E-state index in [0.717, 1.165) is 16.5 Å². The van der Waals surface area contributed by atoms with Gasteiger partial charge in [-0.05, 0) is 31.4 Å². The van der Waals surface area contributed by atoms with E-state index in [1.165, 1.54) is 12.0 Å². The third kappa shape index (κ3) is 2.25. The third-order valence-corrected chi connectivity index (χ3v) is 3.57. The monoisotopic (exact) mass is 303 g/mol. The van der Waals surface area contributed by atoms with E-state index in [0.29, 0.717) is 6.10 Å². The fourth-order valence-electron chi connectivity index (χ4n) is 1.73. The molecule has 1 aromatic rings. The summed E-state index contributed by atoms with van der Waals surface area (Å²) in [7, 11) is 0. The minimum atomic E-state index is 0.280. The van der Waals surface area contributed by atoms with Gasteiger partial charge in [0.25, 0.3) is 0 Å². The Balaban J connectivity index is 2.06. The quantitative estimate of drug-likeness (QED) is 0.619. The molecule has 0 aliphatic carbocycles. The minimum absolute atomic E-state index is 0.280. The number of nitrogens with zero attached hydrogens (tertiary/aromatic N) is 1. The molecule has 2 nitrogen and oxygen atoms in total. The fourth-order valence-corrected chi connectivity index (χ4v) is 2.38. The Bertz CT molecular complexity index is 299. The number of pyridine rings is 1. The average Bonchev–Trinajstić information content (AvgIpc) is 2.67. The van der Waals surface area contributed by atoms with Crippen LogP contribution in [0.2, 0.25) is 0 Å². The van der Waals surface area contributed by atoms with E-state index < -0.39 is 0 Å². The van der Waals surface area contributed by atoms with E-state index in [4.69, 9.17) is 4.74 Å². The molecule has 2 rings (SSSR count). The van der Waals surface area contributed by atoms with Crippen molar-refractivity contribution in [2.45, 2.75) is 32.0 Å². The van der Waals surface area contributed by atoms with Crippen molar-refractivity contribution < 1.29 is 4.74 Å². The van der Waals surface area contributed by atoms with E-state index in [2.05, 4.69) is 39.7 Å². The van der Waals surface area contributed by atoms with Crippen molar-refractivity contribution in [3.8, 4) is 0 Å². The first-order chi connectivity index (χ1) is 6.79. The van der Waals surface area contributed by atoms with Gasteiger partial charge in [-0.1, -0.05) is 28.7 Å². The molecule has 0 amide bonds. The smallest absolute Gasteiger partial charge is 0.0844 e. The summed E-state index contributed by atoms with van der Waals surface area (Å²) < 4.78 is 6.98. The van der Waals surface area contributed by atoms with Gasteiger partial charge < -0.3 is 4.74 Å². The molecule has 0 aromatic carbocycles. The second-order valence-corrected chi connectivity index (χ2v) is 4.59. The molecule has 0 radical (unpaired) electrons. The highest BCUT2D eigenvalue weighted by Gasteiger charge is 2.25. The van der Waals surface area contributed by atoms with E-state index >= 15 is 0 Å². The predicted octanol–water partition coefficient (Wildman–Crippen LogP) is 3.05. The Morgan fingerprint density at radius 2 is 2.36 bits per heavy atom. The van der Waals surface area contributed by atoms with Gasteiger partial charge in [-0.2, -0.15) is 0 Å². The van der Waals surface area contributed by atoms with Gasteiger partial charge in [-0.3, -0.25) is 4.98 Å². The van der Waals surface area contributed by atoms with E-state index in [1.807, 2.05) is 13.1 Å². The summed E-state index contributed by atoms with van der Waals surface area (Å²) in [5.74, 6) is 0. The first-order valence-corrected chi connectivity index (χ1v) is 6.46. The lowest BCUT2D eigenvalue weighted by molar-refractivity contribution is 0.0595. The minimum Gasteiger partial charge on any atom is -0.369 e. The van der Waals surface area contributed by atoms with E-state index in [1.54, 1.807) is 0 Å². The fraction of sp³-hybridized carbons (Fsp3) is 0.545. The molecule has 0 N–H and O–H groups in total. The van der Waals surface area contributed by atoms with Gasteiger partial charge in [0.15, 0.2) is 0 Å². The van der Waals surface area contributed by atoms with Crippen LogP contribution in [-0.2, 0) is 4.74 Å². The van der Waals surface area contributed by atoms with Crippen LogP contribution in [0, 0.1) is 6.92 Å². The zero-order valence-electron chi connectivity index (χ0n) is 8.24. The van der Waals surface area contributed by atoms with Crippen LogP contribution in [0.4, 0.5) is 0 Å². The number of hydrogen-bond donors (Lipinski definition) is 0. The van der Waals surface area contributed by atoms with Crippen LogP contribution in [0.25, 0.3) is 0 Å². The van der Waals surface area contributed by atoms with Gasteiger partial charge in [0.2, 0.25) is 0 Å². The highest BCUT2D eigenvalue weighted by molar-refractivity contribution is 14.1. The average molecular weight is 303 g/mol. The van der Waals surface area contributed by atoms with Crippen LogP contribution in [-0.4, -0.2) is 15.5 Å². The molecule has 76 valence electrons. The molecular formula is C11H14INO. The number of halogens is 1. The summed E-state index contributed by atoms with van der Waals surface area (Å²) in [5, 5.41) is 0. The molecule has 1 saturated heterocycles. The summed E-state index contributed by atoms with van der Waals surface area (Å²) in [4.78, 5) is 4.29. The maximum atomic E-state index is 5.89. The van der Waals surface area contributed by atoms with Crippen LogP contribution in [0.1, 0.15) is 30.2 Å². The zero-order valence-corrected chi connectivity index (χ0v) is 10.4. The Morgan fingerprint density at radius 1 is 1.50 bits per heavy atom. The summed E-state index contributed by atoms with van der Waals surface area (Å²) in [6.45, 7) is 2.01. The van der Waals surface area contributed by atoms with Crippen molar-refractivity contribution in [1.29, 1.82) is 0 Å².